The number of fused-ring (bicyclic) bond motifs is 2. The number of hydrogen-bond acceptors (Lipinski definition) is 1. The fourth-order valence-corrected chi connectivity index (χ4v) is 6.47. The van der Waals surface area contributed by atoms with Crippen molar-refractivity contribution < 1.29 is 17.9 Å². The number of halogens is 3. The maximum Gasteiger partial charge on any atom is 0.140 e. The summed E-state index contributed by atoms with van der Waals surface area (Å²) in [5.41, 5.74) is 0.0918. The Bertz CT molecular complexity index is 998. The molecule has 2 saturated carbocycles. The van der Waals surface area contributed by atoms with Gasteiger partial charge in [0.25, 0.3) is 0 Å². The van der Waals surface area contributed by atoms with E-state index in [9.17, 15) is 4.39 Å². The SMILES string of the molecule is CC=CCOc1cc(F)c2c(F)c(C3CCC4CC(CCCCCC)CCC4C3)c(F)cc2c1. The highest BCUT2D eigenvalue weighted by Gasteiger charge is 2.37. The smallest absolute Gasteiger partial charge is 0.140 e. The lowest BCUT2D eigenvalue weighted by Gasteiger charge is -2.42. The molecule has 0 heterocycles. The van der Waals surface area contributed by atoms with Gasteiger partial charge in [-0.05, 0) is 80.2 Å². The molecule has 186 valence electrons. The van der Waals surface area contributed by atoms with Gasteiger partial charge in [0.1, 0.15) is 29.8 Å². The molecular weight excluding hydrogens is 433 g/mol. The molecule has 34 heavy (non-hydrogen) atoms. The van der Waals surface area contributed by atoms with Gasteiger partial charge in [0.05, 0.1) is 5.39 Å². The van der Waals surface area contributed by atoms with Gasteiger partial charge in [-0.15, -0.1) is 0 Å². The van der Waals surface area contributed by atoms with Crippen molar-refractivity contribution in [2.45, 2.75) is 90.4 Å². The maximum absolute atomic E-state index is 15.6. The van der Waals surface area contributed by atoms with Crippen LogP contribution in [-0.2, 0) is 0 Å². The molecule has 4 atom stereocenters. The second-order valence-electron chi connectivity index (χ2n) is 10.5. The molecule has 0 saturated heterocycles. The Balaban J connectivity index is 1.47. The first-order valence-corrected chi connectivity index (χ1v) is 13.4. The Morgan fingerprint density at radius 2 is 1.71 bits per heavy atom. The van der Waals surface area contributed by atoms with E-state index in [1.54, 1.807) is 6.08 Å². The first-order valence-electron chi connectivity index (χ1n) is 13.4. The van der Waals surface area contributed by atoms with Gasteiger partial charge in [-0.1, -0.05) is 57.6 Å². The first-order chi connectivity index (χ1) is 16.5. The second-order valence-corrected chi connectivity index (χ2v) is 10.5. The van der Waals surface area contributed by atoms with Gasteiger partial charge in [0.2, 0.25) is 0 Å². The van der Waals surface area contributed by atoms with Crippen molar-refractivity contribution in [3.05, 3.63) is 53.4 Å². The highest BCUT2D eigenvalue weighted by Crippen LogP contribution is 2.49. The van der Waals surface area contributed by atoms with Gasteiger partial charge >= 0.3 is 0 Å². The minimum absolute atomic E-state index is 0.0918. The van der Waals surface area contributed by atoms with Gasteiger partial charge in [0, 0.05) is 11.6 Å². The van der Waals surface area contributed by atoms with Gasteiger partial charge in [0.15, 0.2) is 0 Å². The molecule has 0 amide bonds. The predicted octanol–water partition coefficient (Wildman–Crippen LogP) is 9.48. The zero-order valence-corrected chi connectivity index (χ0v) is 20.7. The number of hydrogen-bond donors (Lipinski definition) is 0. The summed E-state index contributed by atoms with van der Waals surface area (Å²) in [7, 11) is 0. The van der Waals surface area contributed by atoms with Crippen molar-refractivity contribution in [2.75, 3.05) is 6.61 Å². The van der Waals surface area contributed by atoms with Crippen molar-refractivity contribution in [1.82, 2.24) is 0 Å². The molecule has 0 radical (unpaired) electrons. The van der Waals surface area contributed by atoms with Crippen LogP contribution in [0.5, 0.6) is 5.75 Å². The lowest BCUT2D eigenvalue weighted by molar-refractivity contribution is 0.111. The maximum atomic E-state index is 15.6. The summed E-state index contributed by atoms with van der Waals surface area (Å²) in [5.74, 6) is 0.182. The summed E-state index contributed by atoms with van der Waals surface area (Å²) in [6.07, 6.45) is 16.5. The van der Waals surface area contributed by atoms with Crippen molar-refractivity contribution in [3.63, 3.8) is 0 Å². The van der Waals surface area contributed by atoms with Crippen molar-refractivity contribution in [3.8, 4) is 5.75 Å². The molecule has 0 spiro atoms. The summed E-state index contributed by atoms with van der Waals surface area (Å²) >= 11 is 0. The monoisotopic (exact) mass is 472 g/mol. The summed E-state index contributed by atoms with van der Waals surface area (Å²) in [4.78, 5) is 0. The third-order valence-corrected chi connectivity index (χ3v) is 8.27. The largest absolute Gasteiger partial charge is 0.489 e. The van der Waals surface area contributed by atoms with Crippen LogP contribution < -0.4 is 4.74 Å². The van der Waals surface area contributed by atoms with E-state index < -0.39 is 17.5 Å². The zero-order chi connectivity index (χ0) is 24.1. The summed E-state index contributed by atoms with van der Waals surface area (Å²) < 4.78 is 51.2. The van der Waals surface area contributed by atoms with E-state index in [0.717, 1.165) is 31.6 Å². The number of benzene rings is 2. The molecule has 2 aromatic rings. The third-order valence-electron chi connectivity index (χ3n) is 8.27. The Morgan fingerprint density at radius 1 is 0.912 bits per heavy atom. The average molecular weight is 473 g/mol. The number of rotatable bonds is 9. The lowest BCUT2D eigenvalue weighted by Crippen LogP contribution is -2.31. The normalized spacial score (nSPS) is 25.1. The van der Waals surface area contributed by atoms with Crippen LogP contribution in [0.1, 0.15) is 96.0 Å². The van der Waals surface area contributed by atoms with Crippen LogP contribution in [-0.4, -0.2) is 6.61 Å². The van der Waals surface area contributed by atoms with Gasteiger partial charge in [-0.2, -0.15) is 0 Å². The summed E-state index contributed by atoms with van der Waals surface area (Å²) in [6.45, 7) is 4.40. The van der Waals surface area contributed by atoms with Crippen molar-refractivity contribution in [2.24, 2.45) is 17.8 Å². The molecular formula is C30H39F3O. The number of ether oxygens (including phenoxy) is 1. The van der Waals surface area contributed by atoms with Gasteiger partial charge < -0.3 is 4.74 Å². The molecule has 0 N–H and O–H groups in total. The van der Waals surface area contributed by atoms with Crippen LogP contribution in [0.25, 0.3) is 10.8 Å². The lowest BCUT2D eigenvalue weighted by atomic mass is 9.63. The standard InChI is InChI=1S/C30H39F3O/c1-3-5-7-8-9-20-10-11-22-16-23(13-12-21(22)15-20)28-26(31)18-24-17-25(34-14-6-4-2)19-27(32)29(24)30(28)33/h4,6,17-23H,3,5,7-16H2,1-2H3. The quantitative estimate of drug-likeness (QED) is 0.261. The molecule has 2 aliphatic carbocycles. The molecule has 0 aromatic heterocycles. The Hall–Kier alpha value is -1.97. The fourth-order valence-electron chi connectivity index (χ4n) is 6.47. The van der Waals surface area contributed by atoms with E-state index >= 15 is 8.78 Å². The predicted molar refractivity (Wildman–Crippen MR) is 134 cm³/mol. The highest BCUT2D eigenvalue weighted by atomic mass is 19.1. The van der Waals surface area contributed by atoms with E-state index in [1.165, 1.54) is 63.1 Å². The average Bonchev–Trinajstić information content (AvgIpc) is 2.81. The van der Waals surface area contributed by atoms with Crippen LogP contribution in [0.4, 0.5) is 13.2 Å². The molecule has 4 heteroatoms. The van der Waals surface area contributed by atoms with E-state index in [1.807, 2.05) is 13.0 Å². The molecule has 2 aliphatic rings. The minimum Gasteiger partial charge on any atom is -0.489 e. The second kappa shape index (κ2) is 11.6. The summed E-state index contributed by atoms with van der Waals surface area (Å²) in [6, 6.07) is 4.02. The molecule has 4 rings (SSSR count). The van der Waals surface area contributed by atoms with Gasteiger partial charge in [-0.3, -0.25) is 0 Å². The van der Waals surface area contributed by atoms with Gasteiger partial charge in [-0.25, -0.2) is 13.2 Å². The van der Waals surface area contributed by atoms with E-state index in [4.69, 9.17) is 4.74 Å². The topological polar surface area (TPSA) is 9.23 Å². The first kappa shape index (κ1) is 25.1. The van der Waals surface area contributed by atoms with E-state index in [-0.39, 0.29) is 34.6 Å². The van der Waals surface area contributed by atoms with Crippen LogP contribution in [0.3, 0.4) is 0 Å². The summed E-state index contributed by atoms with van der Waals surface area (Å²) in [5, 5.41) is 0.0965. The van der Waals surface area contributed by atoms with Crippen LogP contribution in [0.15, 0.2) is 30.4 Å². The van der Waals surface area contributed by atoms with Crippen LogP contribution >= 0.6 is 0 Å². The third kappa shape index (κ3) is 5.63. The molecule has 1 nitrogen and oxygen atoms in total. The van der Waals surface area contributed by atoms with E-state index in [2.05, 4.69) is 6.92 Å². The van der Waals surface area contributed by atoms with Crippen molar-refractivity contribution in [1.29, 1.82) is 0 Å². The van der Waals surface area contributed by atoms with E-state index in [0.29, 0.717) is 11.8 Å². The zero-order valence-electron chi connectivity index (χ0n) is 20.7. The molecule has 0 aliphatic heterocycles. The Kier molecular flexibility index (Phi) is 8.60. The van der Waals surface area contributed by atoms with Crippen molar-refractivity contribution >= 4 is 10.8 Å². The van der Waals surface area contributed by atoms with Crippen LogP contribution in [0.2, 0.25) is 0 Å². The number of allylic oxidation sites excluding steroid dienone is 1. The molecule has 2 aromatic carbocycles. The fraction of sp³-hybridized carbons (Fsp3) is 0.600. The molecule has 0 bridgehead atoms. The number of unbranched alkanes of at least 4 members (excludes halogenated alkanes) is 3. The Labute approximate surface area is 202 Å². The minimum atomic E-state index is -0.722. The van der Waals surface area contributed by atoms with Crippen LogP contribution in [0, 0.1) is 35.2 Å². The highest BCUT2D eigenvalue weighted by molar-refractivity contribution is 5.86. The molecule has 4 unspecified atom stereocenters. The Morgan fingerprint density at radius 3 is 2.50 bits per heavy atom. The molecule has 2 fully saturated rings.